The molecule has 0 aromatic carbocycles. The lowest BCUT2D eigenvalue weighted by Gasteiger charge is -2.23. The monoisotopic (exact) mass is 251 g/mol. The van der Waals surface area contributed by atoms with Crippen molar-refractivity contribution in [3.63, 3.8) is 0 Å². The molecular formula is C13H21N3O2. The number of nitrogens with two attached hydrogens (primary N) is 1. The largest absolute Gasteiger partial charge is 0.476 e. The van der Waals surface area contributed by atoms with E-state index in [0.29, 0.717) is 24.2 Å². The molecule has 100 valence electrons. The van der Waals surface area contributed by atoms with E-state index in [2.05, 4.69) is 17.2 Å². The molecule has 1 saturated heterocycles. The molecule has 2 rings (SSSR count). The van der Waals surface area contributed by atoms with Gasteiger partial charge in [0.15, 0.2) is 0 Å². The zero-order valence-electron chi connectivity index (χ0n) is 10.8. The maximum atomic E-state index is 5.83. The first-order valence-corrected chi connectivity index (χ1v) is 6.53. The van der Waals surface area contributed by atoms with E-state index in [1.54, 1.807) is 0 Å². The smallest absolute Gasteiger partial charge is 0.239 e. The van der Waals surface area contributed by atoms with Crippen LogP contribution in [-0.4, -0.2) is 30.8 Å². The van der Waals surface area contributed by atoms with Crippen molar-refractivity contribution in [3.8, 4) is 5.88 Å². The summed E-state index contributed by atoms with van der Waals surface area (Å²) in [6.45, 7) is 4.32. The van der Waals surface area contributed by atoms with E-state index in [9.17, 15) is 0 Å². The third-order valence-electron chi connectivity index (χ3n) is 2.91. The molecule has 0 aliphatic carbocycles. The van der Waals surface area contributed by atoms with Gasteiger partial charge in [-0.25, -0.2) is 0 Å². The lowest BCUT2D eigenvalue weighted by molar-refractivity contribution is 0.0904. The van der Waals surface area contributed by atoms with Gasteiger partial charge in [-0.2, -0.15) is 4.98 Å². The summed E-state index contributed by atoms with van der Waals surface area (Å²) in [5, 5.41) is 3.40. The lowest BCUT2D eigenvalue weighted by atomic mass is 10.1. The van der Waals surface area contributed by atoms with Gasteiger partial charge in [-0.15, -0.1) is 0 Å². The summed E-state index contributed by atoms with van der Waals surface area (Å²) in [6, 6.07) is 4.15. The number of rotatable bonds is 5. The molecule has 0 unspecified atom stereocenters. The van der Waals surface area contributed by atoms with Crippen molar-refractivity contribution in [3.05, 3.63) is 12.1 Å². The zero-order chi connectivity index (χ0) is 12.8. The van der Waals surface area contributed by atoms with Gasteiger partial charge in [0.2, 0.25) is 5.88 Å². The summed E-state index contributed by atoms with van der Waals surface area (Å²) in [4.78, 5) is 4.40. The van der Waals surface area contributed by atoms with E-state index < -0.39 is 0 Å². The second kappa shape index (κ2) is 6.44. The van der Waals surface area contributed by atoms with E-state index in [0.717, 1.165) is 38.3 Å². The predicted octanol–water partition coefficient (Wildman–Crippen LogP) is 2.04. The number of anilines is 2. The van der Waals surface area contributed by atoms with E-state index in [-0.39, 0.29) is 0 Å². The molecule has 1 fully saturated rings. The minimum absolute atomic E-state index is 0.425. The Labute approximate surface area is 108 Å². The van der Waals surface area contributed by atoms with Crippen LogP contribution in [0.5, 0.6) is 5.88 Å². The maximum Gasteiger partial charge on any atom is 0.239 e. The van der Waals surface area contributed by atoms with Crippen LogP contribution in [0.2, 0.25) is 0 Å². The van der Waals surface area contributed by atoms with Crippen LogP contribution in [0.25, 0.3) is 0 Å². The second-order valence-corrected chi connectivity index (χ2v) is 4.47. The fourth-order valence-corrected chi connectivity index (χ4v) is 1.90. The summed E-state index contributed by atoms with van der Waals surface area (Å²) < 4.78 is 10.8. The first-order chi connectivity index (χ1) is 8.79. The summed E-state index contributed by atoms with van der Waals surface area (Å²) >= 11 is 0. The molecule has 5 nitrogen and oxygen atoms in total. The lowest BCUT2D eigenvalue weighted by Crippen LogP contribution is -2.28. The summed E-state index contributed by atoms with van der Waals surface area (Å²) in [5.41, 5.74) is 6.41. The van der Waals surface area contributed by atoms with E-state index in [1.807, 2.05) is 12.1 Å². The number of aromatic nitrogens is 1. The van der Waals surface area contributed by atoms with Crippen LogP contribution in [0, 0.1) is 0 Å². The van der Waals surface area contributed by atoms with Gasteiger partial charge >= 0.3 is 0 Å². The van der Waals surface area contributed by atoms with Crippen molar-refractivity contribution in [2.24, 2.45) is 0 Å². The van der Waals surface area contributed by atoms with Crippen molar-refractivity contribution in [1.82, 2.24) is 4.98 Å². The Kier molecular flexibility index (Phi) is 4.64. The molecule has 0 spiro atoms. The molecule has 5 heteroatoms. The highest BCUT2D eigenvalue weighted by Crippen LogP contribution is 2.22. The van der Waals surface area contributed by atoms with Gasteiger partial charge in [0.25, 0.3) is 0 Å². The summed E-state index contributed by atoms with van der Waals surface area (Å²) in [5.74, 6) is 1.34. The normalized spacial score (nSPS) is 16.5. The minimum atomic E-state index is 0.425. The van der Waals surface area contributed by atoms with Gasteiger partial charge in [-0.05, 0) is 31.4 Å². The molecule has 18 heavy (non-hydrogen) atoms. The standard InChI is InChI=1S/C13H21N3O2/c1-2-7-18-13-11(14)3-4-12(16-13)15-10-5-8-17-9-6-10/h3-4,10H,2,5-9,14H2,1H3,(H,15,16). The minimum Gasteiger partial charge on any atom is -0.476 e. The molecule has 0 atom stereocenters. The molecule has 1 aromatic heterocycles. The van der Waals surface area contributed by atoms with E-state index >= 15 is 0 Å². The molecule has 1 aliphatic heterocycles. The van der Waals surface area contributed by atoms with Crippen LogP contribution in [0.3, 0.4) is 0 Å². The van der Waals surface area contributed by atoms with E-state index in [1.165, 1.54) is 0 Å². The number of hydrogen-bond donors (Lipinski definition) is 2. The first kappa shape index (κ1) is 13.0. The molecule has 1 aliphatic rings. The van der Waals surface area contributed by atoms with Gasteiger partial charge in [0, 0.05) is 19.3 Å². The number of nitrogens with zero attached hydrogens (tertiary/aromatic N) is 1. The van der Waals surface area contributed by atoms with Crippen LogP contribution >= 0.6 is 0 Å². The van der Waals surface area contributed by atoms with Crippen LogP contribution in [0.1, 0.15) is 26.2 Å². The molecule has 1 aromatic rings. The van der Waals surface area contributed by atoms with Gasteiger partial charge in [0.05, 0.1) is 12.3 Å². The van der Waals surface area contributed by atoms with Crippen LogP contribution in [-0.2, 0) is 4.74 Å². The second-order valence-electron chi connectivity index (χ2n) is 4.47. The topological polar surface area (TPSA) is 69.4 Å². The van der Waals surface area contributed by atoms with Gasteiger partial charge < -0.3 is 20.5 Å². The number of hydrogen-bond acceptors (Lipinski definition) is 5. The predicted molar refractivity (Wildman–Crippen MR) is 71.9 cm³/mol. The quantitative estimate of drug-likeness (QED) is 0.838. The van der Waals surface area contributed by atoms with Crippen molar-refractivity contribution < 1.29 is 9.47 Å². The van der Waals surface area contributed by atoms with Crippen molar-refractivity contribution >= 4 is 11.5 Å². The molecular weight excluding hydrogens is 230 g/mol. The van der Waals surface area contributed by atoms with Gasteiger partial charge in [0.1, 0.15) is 5.82 Å². The SMILES string of the molecule is CCCOc1nc(NC2CCOCC2)ccc1N. The molecule has 2 heterocycles. The third-order valence-corrected chi connectivity index (χ3v) is 2.91. The molecule has 0 amide bonds. The van der Waals surface area contributed by atoms with Crippen LogP contribution < -0.4 is 15.8 Å². The Morgan fingerprint density at radius 3 is 2.94 bits per heavy atom. The van der Waals surface area contributed by atoms with Gasteiger partial charge in [-0.3, -0.25) is 0 Å². The maximum absolute atomic E-state index is 5.83. The summed E-state index contributed by atoms with van der Waals surface area (Å²) in [7, 11) is 0. The highest BCUT2D eigenvalue weighted by Gasteiger charge is 2.14. The summed E-state index contributed by atoms with van der Waals surface area (Å²) in [6.07, 6.45) is 2.97. The Morgan fingerprint density at radius 2 is 2.22 bits per heavy atom. The molecule has 0 bridgehead atoms. The number of nitrogen functional groups attached to an aromatic ring is 1. The highest BCUT2D eigenvalue weighted by molar-refractivity contribution is 5.53. The third kappa shape index (κ3) is 3.50. The fourth-order valence-electron chi connectivity index (χ4n) is 1.90. The Bertz CT molecular complexity index is 378. The van der Waals surface area contributed by atoms with Crippen LogP contribution in [0.4, 0.5) is 11.5 Å². The first-order valence-electron chi connectivity index (χ1n) is 6.53. The molecule has 0 radical (unpaired) electrons. The Balaban J connectivity index is 1.99. The Hall–Kier alpha value is -1.49. The van der Waals surface area contributed by atoms with Gasteiger partial charge in [-0.1, -0.05) is 6.92 Å². The van der Waals surface area contributed by atoms with E-state index in [4.69, 9.17) is 15.2 Å². The average Bonchev–Trinajstić information content (AvgIpc) is 2.40. The molecule has 0 saturated carbocycles. The van der Waals surface area contributed by atoms with Crippen molar-refractivity contribution in [2.45, 2.75) is 32.2 Å². The average molecular weight is 251 g/mol. The van der Waals surface area contributed by atoms with Crippen molar-refractivity contribution in [2.75, 3.05) is 30.9 Å². The number of pyridine rings is 1. The number of nitrogens with one attached hydrogen (secondary N) is 1. The number of ether oxygens (including phenoxy) is 2. The molecule has 3 N–H and O–H groups in total. The van der Waals surface area contributed by atoms with Crippen molar-refractivity contribution in [1.29, 1.82) is 0 Å². The Morgan fingerprint density at radius 1 is 1.44 bits per heavy atom. The zero-order valence-corrected chi connectivity index (χ0v) is 10.8. The fraction of sp³-hybridized carbons (Fsp3) is 0.615. The van der Waals surface area contributed by atoms with Crippen LogP contribution in [0.15, 0.2) is 12.1 Å². The highest BCUT2D eigenvalue weighted by atomic mass is 16.5.